The molecule has 2 aliphatic carbocycles. The molecule has 0 bridgehead atoms. The Morgan fingerprint density at radius 3 is 2.50 bits per heavy atom. The number of nitrogens with one attached hydrogen (secondary N) is 1. The lowest BCUT2D eigenvalue weighted by atomic mass is 9.94. The predicted molar refractivity (Wildman–Crippen MR) is 73.3 cm³/mol. The molecule has 0 aromatic heterocycles. The van der Waals surface area contributed by atoms with E-state index in [0.717, 1.165) is 13.0 Å². The van der Waals surface area contributed by atoms with Crippen LogP contribution in [0.25, 0.3) is 0 Å². The second-order valence-electron chi connectivity index (χ2n) is 5.96. The number of nitrogens with two attached hydrogens (primary N) is 1. The van der Waals surface area contributed by atoms with Crippen LogP contribution in [0.5, 0.6) is 0 Å². The number of rotatable bonds is 7. The van der Waals surface area contributed by atoms with Gasteiger partial charge >= 0.3 is 0 Å². The SMILES string of the molecule is CN(CCC(NC1CC1)C(N)=O)C1CCCCC1. The largest absolute Gasteiger partial charge is 0.368 e. The molecule has 18 heavy (non-hydrogen) atoms. The van der Waals surface area contributed by atoms with E-state index in [1.54, 1.807) is 0 Å². The summed E-state index contributed by atoms with van der Waals surface area (Å²) in [6.45, 7) is 0.970. The monoisotopic (exact) mass is 253 g/mol. The molecule has 0 aromatic carbocycles. The first kappa shape index (κ1) is 13.8. The second-order valence-corrected chi connectivity index (χ2v) is 5.96. The molecule has 4 heteroatoms. The maximum Gasteiger partial charge on any atom is 0.234 e. The van der Waals surface area contributed by atoms with Crippen molar-refractivity contribution < 1.29 is 4.79 Å². The number of primary amides is 1. The first-order valence-electron chi connectivity index (χ1n) is 7.42. The van der Waals surface area contributed by atoms with Crippen molar-refractivity contribution in [2.75, 3.05) is 13.6 Å². The molecule has 104 valence electrons. The Balaban J connectivity index is 1.71. The lowest BCUT2D eigenvalue weighted by Crippen LogP contribution is -2.45. The summed E-state index contributed by atoms with van der Waals surface area (Å²) < 4.78 is 0. The van der Waals surface area contributed by atoms with Crippen LogP contribution < -0.4 is 11.1 Å². The molecule has 0 aliphatic heterocycles. The van der Waals surface area contributed by atoms with Crippen LogP contribution in [-0.4, -0.2) is 42.5 Å². The summed E-state index contributed by atoms with van der Waals surface area (Å²) >= 11 is 0. The Hall–Kier alpha value is -0.610. The second kappa shape index (κ2) is 6.53. The molecule has 1 atom stereocenters. The minimum Gasteiger partial charge on any atom is -0.368 e. The van der Waals surface area contributed by atoms with Crippen LogP contribution in [0.4, 0.5) is 0 Å². The maximum atomic E-state index is 11.4. The standard InChI is InChI=1S/C14H27N3O/c1-17(12-5-3-2-4-6-12)10-9-13(14(15)18)16-11-7-8-11/h11-13,16H,2-10H2,1H3,(H2,15,18). The van der Waals surface area contributed by atoms with Crippen LogP contribution in [0.3, 0.4) is 0 Å². The zero-order valence-electron chi connectivity index (χ0n) is 11.5. The Morgan fingerprint density at radius 2 is 1.94 bits per heavy atom. The summed E-state index contributed by atoms with van der Waals surface area (Å²) in [4.78, 5) is 13.8. The Bertz CT molecular complexity index is 272. The maximum absolute atomic E-state index is 11.4. The van der Waals surface area contributed by atoms with Crippen LogP contribution in [0.2, 0.25) is 0 Å². The number of hydrogen-bond donors (Lipinski definition) is 2. The van der Waals surface area contributed by atoms with Gasteiger partial charge in [0.1, 0.15) is 0 Å². The molecule has 1 amide bonds. The number of nitrogens with zero attached hydrogens (tertiary/aromatic N) is 1. The molecule has 2 saturated carbocycles. The molecule has 2 rings (SSSR count). The number of hydrogen-bond acceptors (Lipinski definition) is 3. The Kier molecular flexibility index (Phi) is 5.01. The van der Waals surface area contributed by atoms with E-state index in [1.807, 2.05) is 0 Å². The van der Waals surface area contributed by atoms with Gasteiger partial charge in [-0.15, -0.1) is 0 Å². The highest BCUT2D eigenvalue weighted by Gasteiger charge is 2.27. The van der Waals surface area contributed by atoms with Gasteiger partial charge in [-0.1, -0.05) is 19.3 Å². The highest BCUT2D eigenvalue weighted by molar-refractivity contribution is 5.79. The van der Waals surface area contributed by atoms with Crippen molar-refractivity contribution in [3.05, 3.63) is 0 Å². The molecule has 4 nitrogen and oxygen atoms in total. The van der Waals surface area contributed by atoms with Crippen molar-refractivity contribution in [3.8, 4) is 0 Å². The lowest BCUT2D eigenvalue weighted by Gasteiger charge is -2.32. The average Bonchev–Trinajstić information content (AvgIpc) is 3.18. The van der Waals surface area contributed by atoms with Crippen molar-refractivity contribution >= 4 is 5.91 Å². The zero-order chi connectivity index (χ0) is 13.0. The molecular weight excluding hydrogens is 226 g/mol. The minimum atomic E-state index is -0.195. The summed E-state index contributed by atoms with van der Waals surface area (Å²) in [7, 11) is 2.19. The molecular formula is C14H27N3O. The predicted octanol–water partition coefficient (Wildman–Crippen LogP) is 1.25. The summed E-state index contributed by atoms with van der Waals surface area (Å²) in [6, 6.07) is 1.12. The average molecular weight is 253 g/mol. The van der Waals surface area contributed by atoms with Gasteiger partial charge in [0.2, 0.25) is 5.91 Å². The van der Waals surface area contributed by atoms with E-state index in [-0.39, 0.29) is 11.9 Å². The van der Waals surface area contributed by atoms with Crippen LogP contribution in [-0.2, 0) is 4.79 Å². The van der Waals surface area contributed by atoms with E-state index in [9.17, 15) is 4.79 Å². The van der Waals surface area contributed by atoms with Crippen LogP contribution in [0.15, 0.2) is 0 Å². The molecule has 3 N–H and O–H groups in total. The molecule has 0 radical (unpaired) electrons. The Morgan fingerprint density at radius 1 is 1.28 bits per heavy atom. The third kappa shape index (κ3) is 4.25. The lowest BCUT2D eigenvalue weighted by molar-refractivity contribution is -0.120. The highest BCUT2D eigenvalue weighted by atomic mass is 16.1. The van der Waals surface area contributed by atoms with E-state index in [1.165, 1.54) is 44.9 Å². The van der Waals surface area contributed by atoms with Gasteiger partial charge in [-0.3, -0.25) is 4.79 Å². The number of carbonyl (C=O) groups is 1. The van der Waals surface area contributed by atoms with E-state index < -0.39 is 0 Å². The van der Waals surface area contributed by atoms with Gasteiger partial charge in [-0.05, 0) is 39.2 Å². The third-order valence-corrected chi connectivity index (χ3v) is 4.33. The zero-order valence-corrected chi connectivity index (χ0v) is 11.5. The quantitative estimate of drug-likeness (QED) is 0.718. The Labute approximate surface area is 110 Å². The minimum absolute atomic E-state index is 0.136. The van der Waals surface area contributed by atoms with Gasteiger partial charge in [-0.2, -0.15) is 0 Å². The highest BCUT2D eigenvalue weighted by Crippen LogP contribution is 2.22. The van der Waals surface area contributed by atoms with E-state index in [2.05, 4.69) is 17.3 Å². The van der Waals surface area contributed by atoms with Gasteiger partial charge < -0.3 is 16.0 Å². The summed E-state index contributed by atoms with van der Waals surface area (Å²) in [5, 5.41) is 3.35. The number of amides is 1. The molecule has 0 spiro atoms. The van der Waals surface area contributed by atoms with E-state index in [4.69, 9.17) is 5.73 Å². The van der Waals surface area contributed by atoms with E-state index in [0.29, 0.717) is 12.1 Å². The van der Waals surface area contributed by atoms with Gasteiger partial charge in [-0.25, -0.2) is 0 Å². The van der Waals surface area contributed by atoms with Crippen LogP contribution in [0, 0.1) is 0 Å². The normalized spacial score (nSPS) is 23.2. The molecule has 0 saturated heterocycles. The van der Waals surface area contributed by atoms with Crippen molar-refractivity contribution in [2.24, 2.45) is 5.73 Å². The summed E-state index contributed by atoms with van der Waals surface area (Å²) in [5.74, 6) is -0.195. The van der Waals surface area contributed by atoms with Crippen molar-refractivity contribution in [1.82, 2.24) is 10.2 Å². The van der Waals surface area contributed by atoms with Gasteiger partial charge in [0.05, 0.1) is 6.04 Å². The van der Waals surface area contributed by atoms with Crippen molar-refractivity contribution in [2.45, 2.75) is 69.5 Å². The number of carbonyl (C=O) groups excluding carboxylic acids is 1. The van der Waals surface area contributed by atoms with Crippen molar-refractivity contribution in [3.63, 3.8) is 0 Å². The van der Waals surface area contributed by atoms with Gasteiger partial charge in [0.25, 0.3) is 0 Å². The fourth-order valence-electron chi connectivity index (χ4n) is 2.88. The van der Waals surface area contributed by atoms with E-state index >= 15 is 0 Å². The molecule has 2 aliphatic rings. The first-order valence-corrected chi connectivity index (χ1v) is 7.42. The summed E-state index contributed by atoms with van der Waals surface area (Å²) in [5.41, 5.74) is 5.46. The van der Waals surface area contributed by atoms with Crippen LogP contribution >= 0.6 is 0 Å². The fourth-order valence-corrected chi connectivity index (χ4v) is 2.88. The van der Waals surface area contributed by atoms with Crippen LogP contribution in [0.1, 0.15) is 51.4 Å². The fraction of sp³-hybridized carbons (Fsp3) is 0.929. The van der Waals surface area contributed by atoms with Crippen molar-refractivity contribution in [1.29, 1.82) is 0 Å². The summed E-state index contributed by atoms with van der Waals surface area (Å²) in [6.07, 6.45) is 9.96. The molecule has 2 fully saturated rings. The smallest absolute Gasteiger partial charge is 0.234 e. The third-order valence-electron chi connectivity index (χ3n) is 4.33. The van der Waals surface area contributed by atoms with Gasteiger partial charge in [0.15, 0.2) is 0 Å². The molecule has 0 aromatic rings. The first-order chi connectivity index (χ1) is 8.66. The topological polar surface area (TPSA) is 58.4 Å². The molecule has 1 unspecified atom stereocenters. The van der Waals surface area contributed by atoms with Gasteiger partial charge in [0, 0.05) is 18.6 Å². The molecule has 0 heterocycles.